The molecular weight excluding hydrogens is 262 g/mol. The van der Waals surface area contributed by atoms with Gasteiger partial charge >= 0.3 is 0 Å². The van der Waals surface area contributed by atoms with Crippen LogP contribution in [0.5, 0.6) is 5.75 Å². The van der Waals surface area contributed by atoms with Crippen LogP contribution in [-0.4, -0.2) is 11.1 Å². The lowest BCUT2D eigenvalue weighted by Gasteiger charge is -2.14. The number of pyridine rings is 1. The molecule has 0 radical (unpaired) electrons. The Kier molecular flexibility index (Phi) is 5.04. The van der Waals surface area contributed by atoms with Gasteiger partial charge in [-0.3, -0.25) is 4.98 Å². The Bertz CT molecular complexity index is 596. The van der Waals surface area contributed by atoms with E-state index in [0.29, 0.717) is 18.0 Å². The zero-order valence-electron chi connectivity index (χ0n) is 12.9. The lowest BCUT2D eigenvalue weighted by atomic mass is 10.1. The monoisotopic (exact) mass is 285 g/mol. The van der Waals surface area contributed by atoms with Crippen LogP contribution >= 0.6 is 0 Å². The van der Waals surface area contributed by atoms with E-state index in [4.69, 9.17) is 10.5 Å². The van der Waals surface area contributed by atoms with Crippen molar-refractivity contribution >= 4 is 11.4 Å². The van der Waals surface area contributed by atoms with Gasteiger partial charge in [-0.2, -0.15) is 0 Å². The van der Waals surface area contributed by atoms with Gasteiger partial charge in [0.1, 0.15) is 5.75 Å². The zero-order chi connectivity index (χ0) is 15.2. The molecule has 1 aromatic carbocycles. The van der Waals surface area contributed by atoms with Crippen LogP contribution in [-0.2, 0) is 13.0 Å². The summed E-state index contributed by atoms with van der Waals surface area (Å²) in [6.07, 6.45) is 2.91. The first kappa shape index (κ1) is 15.2. The van der Waals surface area contributed by atoms with Crippen molar-refractivity contribution in [3.05, 3.63) is 47.8 Å². The third-order valence-corrected chi connectivity index (χ3v) is 3.20. The summed E-state index contributed by atoms with van der Waals surface area (Å²) in [7, 11) is 0. The van der Waals surface area contributed by atoms with E-state index in [0.717, 1.165) is 17.8 Å². The highest BCUT2D eigenvalue weighted by Gasteiger charge is 2.06. The Morgan fingerprint density at radius 2 is 2.10 bits per heavy atom. The van der Waals surface area contributed by atoms with Gasteiger partial charge in [-0.25, -0.2) is 0 Å². The largest absolute Gasteiger partial charge is 0.489 e. The molecule has 2 aromatic rings. The summed E-state index contributed by atoms with van der Waals surface area (Å²) >= 11 is 0. The summed E-state index contributed by atoms with van der Waals surface area (Å²) in [5.41, 5.74) is 9.89. The SMILES string of the molecule is CCc1cccnc1CNc1ccc(N)c(OC(C)C)c1. The average Bonchev–Trinajstić information content (AvgIpc) is 2.48. The van der Waals surface area contributed by atoms with Gasteiger partial charge in [-0.1, -0.05) is 13.0 Å². The van der Waals surface area contributed by atoms with Crippen LogP contribution in [0.4, 0.5) is 11.4 Å². The molecule has 4 nitrogen and oxygen atoms in total. The van der Waals surface area contributed by atoms with Crippen molar-refractivity contribution in [3.63, 3.8) is 0 Å². The first-order valence-electron chi connectivity index (χ1n) is 7.33. The summed E-state index contributed by atoms with van der Waals surface area (Å²) in [6.45, 7) is 6.80. The van der Waals surface area contributed by atoms with Crippen LogP contribution < -0.4 is 15.8 Å². The first-order chi connectivity index (χ1) is 10.1. The number of nitrogens with zero attached hydrogens (tertiary/aromatic N) is 1. The predicted octanol–water partition coefficient (Wildman–Crippen LogP) is 3.63. The quantitative estimate of drug-likeness (QED) is 0.796. The summed E-state index contributed by atoms with van der Waals surface area (Å²) in [4.78, 5) is 4.43. The third-order valence-electron chi connectivity index (χ3n) is 3.20. The minimum absolute atomic E-state index is 0.102. The van der Waals surface area contributed by atoms with Gasteiger partial charge < -0.3 is 15.8 Å². The minimum atomic E-state index is 0.102. The van der Waals surface area contributed by atoms with Gasteiger partial charge in [-0.15, -0.1) is 0 Å². The molecule has 0 fully saturated rings. The van der Waals surface area contributed by atoms with Gasteiger partial charge in [-0.05, 0) is 44.0 Å². The van der Waals surface area contributed by atoms with Crippen molar-refractivity contribution in [2.75, 3.05) is 11.1 Å². The van der Waals surface area contributed by atoms with Crippen LogP contribution in [0.1, 0.15) is 32.0 Å². The van der Waals surface area contributed by atoms with Gasteiger partial charge in [0.15, 0.2) is 0 Å². The fourth-order valence-corrected chi connectivity index (χ4v) is 2.14. The maximum absolute atomic E-state index is 5.93. The summed E-state index contributed by atoms with van der Waals surface area (Å²) in [5, 5.41) is 3.38. The summed E-state index contributed by atoms with van der Waals surface area (Å²) in [5.74, 6) is 0.715. The predicted molar refractivity (Wildman–Crippen MR) is 87.6 cm³/mol. The smallest absolute Gasteiger partial charge is 0.144 e. The normalized spacial score (nSPS) is 10.7. The Morgan fingerprint density at radius 1 is 1.29 bits per heavy atom. The van der Waals surface area contributed by atoms with Crippen molar-refractivity contribution in [1.29, 1.82) is 0 Å². The van der Waals surface area contributed by atoms with E-state index in [-0.39, 0.29) is 6.10 Å². The van der Waals surface area contributed by atoms with E-state index >= 15 is 0 Å². The second-order valence-electron chi connectivity index (χ2n) is 5.24. The number of aromatic nitrogens is 1. The molecule has 0 aliphatic rings. The highest BCUT2D eigenvalue weighted by Crippen LogP contribution is 2.26. The average molecular weight is 285 g/mol. The maximum atomic E-state index is 5.93. The van der Waals surface area contributed by atoms with Gasteiger partial charge in [0.25, 0.3) is 0 Å². The van der Waals surface area contributed by atoms with Crippen LogP contribution in [0.25, 0.3) is 0 Å². The standard InChI is InChI=1S/C17H23N3O/c1-4-13-6-5-9-19-16(13)11-20-14-7-8-15(18)17(10-14)21-12(2)3/h5-10,12,20H,4,11,18H2,1-3H3. The van der Waals surface area contributed by atoms with Gasteiger partial charge in [0.05, 0.1) is 24.0 Å². The van der Waals surface area contributed by atoms with Gasteiger partial charge in [0.2, 0.25) is 0 Å². The molecule has 112 valence electrons. The maximum Gasteiger partial charge on any atom is 0.144 e. The molecule has 0 saturated carbocycles. The number of nitrogens with one attached hydrogen (secondary N) is 1. The molecule has 0 atom stereocenters. The highest BCUT2D eigenvalue weighted by atomic mass is 16.5. The molecule has 2 rings (SSSR count). The number of benzene rings is 1. The fraction of sp³-hybridized carbons (Fsp3) is 0.353. The number of rotatable bonds is 6. The number of nitrogens with two attached hydrogens (primary N) is 1. The summed E-state index contributed by atoms with van der Waals surface area (Å²) < 4.78 is 5.70. The Morgan fingerprint density at radius 3 is 2.81 bits per heavy atom. The van der Waals surface area contributed by atoms with Gasteiger partial charge in [0, 0.05) is 18.0 Å². The molecule has 3 N–H and O–H groups in total. The second-order valence-corrected chi connectivity index (χ2v) is 5.24. The molecule has 1 heterocycles. The molecule has 0 aliphatic carbocycles. The Labute approximate surface area is 126 Å². The van der Waals surface area contributed by atoms with Crippen molar-refractivity contribution in [3.8, 4) is 5.75 Å². The Hall–Kier alpha value is -2.23. The number of hydrogen-bond donors (Lipinski definition) is 2. The van der Waals surface area contributed by atoms with E-state index in [1.54, 1.807) is 0 Å². The van der Waals surface area contributed by atoms with E-state index in [1.165, 1.54) is 5.56 Å². The molecule has 1 aromatic heterocycles. The van der Waals surface area contributed by atoms with Crippen LogP contribution in [0, 0.1) is 0 Å². The zero-order valence-corrected chi connectivity index (χ0v) is 12.9. The number of ether oxygens (including phenoxy) is 1. The molecule has 21 heavy (non-hydrogen) atoms. The van der Waals surface area contributed by atoms with Crippen LogP contribution in [0.15, 0.2) is 36.5 Å². The third kappa shape index (κ3) is 4.12. The number of nitrogen functional groups attached to an aromatic ring is 1. The van der Waals surface area contributed by atoms with Crippen LogP contribution in [0.2, 0.25) is 0 Å². The number of anilines is 2. The number of hydrogen-bond acceptors (Lipinski definition) is 4. The van der Waals surface area contributed by atoms with E-state index in [9.17, 15) is 0 Å². The van der Waals surface area contributed by atoms with Crippen molar-refractivity contribution in [2.45, 2.75) is 39.8 Å². The summed E-state index contributed by atoms with van der Waals surface area (Å²) in [6, 6.07) is 9.83. The van der Waals surface area contributed by atoms with Crippen molar-refractivity contribution in [2.24, 2.45) is 0 Å². The topological polar surface area (TPSA) is 60.2 Å². The van der Waals surface area contributed by atoms with E-state index < -0.39 is 0 Å². The molecule has 0 saturated heterocycles. The molecular formula is C17H23N3O. The second kappa shape index (κ2) is 6.97. The van der Waals surface area contributed by atoms with E-state index in [1.807, 2.05) is 44.3 Å². The van der Waals surface area contributed by atoms with Crippen molar-refractivity contribution in [1.82, 2.24) is 4.98 Å². The first-order valence-corrected chi connectivity index (χ1v) is 7.33. The highest BCUT2D eigenvalue weighted by molar-refractivity contribution is 5.61. The lowest BCUT2D eigenvalue weighted by molar-refractivity contribution is 0.244. The molecule has 0 bridgehead atoms. The molecule has 0 unspecified atom stereocenters. The molecule has 0 spiro atoms. The number of aryl methyl sites for hydroxylation is 1. The molecule has 4 heteroatoms. The van der Waals surface area contributed by atoms with E-state index in [2.05, 4.69) is 23.3 Å². The van der Waals surface area contributed by atoms with Crippen LogP contribution in [0.3, 0.4) is 0 Å². The minimum Gasteiger partial charge on any atom is -0.489 e. The molecule has 0 aliphatic heterocycles. The fourth-order valence-electron chi connectivity index (χ4n) is 2.14. The molecule has 0 amide bonds. The lowest BCUT2D eigenvalue weighted by Crippen LogP contribution is -2.09. The Balaban J connectivity index is 2.09. The van der Waals surface area contributed by atoms with Crippen molar-refractivity contribution < 1.29 is 4.74 Å².